The number of rotatable bonds is 9. The predicted octanol–water partition coefficient (Wildman–Crippen LogP) is 6.33. The van der Waals surface area contributed by atoms with Crippen LogP contribution in [0.25, 0.3) is 11.5 Å². The minimum absolute atomic E-state index is 0.0326. The molecule has 0 spiro atoms. The fourth-order valence-corrected chi connectivity index (χ4v) is 5.52. The van der Waals surface area contributed by atoms with Crippen LogP contribution in [0.1, 0.15) is 61.3 Å². The van der Waals surface area contributed by atoms with E-state index in [2.05, 4.69) is 36.2 Å². The van der Waals surface area contributed by atoms with Gasteiger partial charge in [-0.3, -0.25) is 9.69 Å². The molecule has 1 N–H and O–H groups in total. The molecule has 0 aliphatic carbocycles. The highest BCUT2D eigenvalue weighted by Gasteiger charge is 2.23. The van der Waals surface area contributed by atoms with E-state index in [9.17, 15) is 4.79 Å². The van der Waals surface area contributed by atoms with Gasteiger partial charge in [-0.25, -0.2) is 4.98 Å². The van der Waals surface area contributed by atoms with Gasteiger partial charge in [-0.1, -0.05) is 24.6 Å². The first-order chi connectivity index (χ1) is 16.5. The van der Waals surface area contributed by atoms with Crippen molar-refractivity contribution in [2.75, 3.05) is 13.1 Å². The van der Waals surface area contributed by atoms with E-state index in [1.165, 1.54) is 24.2 Å². The molecule has 34 heavy (non-hydrogen) atoms. The molecule has 1 amide bonds. The number of oxazole rings is 1. The minimum atomic E-state index is -0.0326. The Hall–Kier alpha value is -2.57. The van der Waals surface area contributed by atoms with Crippen LogP contribution in [0.5, 0.6) is 0 Å². The molecular formula is C28H35N3O2S. The summed E-state index contributed by atoms with van der Waals surface area (Å²) >= 11 is 1.74. The van der Waals surface area contributed by atoms with Crippen LogP contribution in [-0.4, -0.2) is 41.0 Å². The maximum atomic E-state index is 12.6. The molecule has 1 aliphatic rings. The molecule has 2 aromatic carbocycles. The van der Waals surface area contributed by atoms with Crippen LogP contribution in [0.3, 0.4) is 0 Å². The van der Waals surface area contributed by atoms with Crippen LogP contribution in [0, 0.1) is 6.92 Å². The van der Waals surface area contributed by atoms with Gasteiger partial charge >= 0.3 is 0 Å². The molecule has 180 valence electrons. The van der Waals surface area contributed by atoms with Gasteiger partial charge in [0.25, 0.3) is 5.91 Å². The lowest BCUT2D eigenvalue weighted by Gasteiger charge is -2.39. The van der Waals surface area contributed by atoms with Gasteiger partial charge in [-0.2, -0.15) is 0 Å². The van der Waals surface area contributed by atoms with E-state index in [1.807, 2.05) is 49.4 Å². The molecule has 2 heterocycles. The number of amides is 1. The largest absolute Gasteiger partial charge is 0.441 e. The first-order valence-corrected chi connectivity index (χ1v) is 13.3. The second kappa shape index (κ2) is 11.7. The highest BCUT2D eigenvalue weighted by molar-refractivity contribution is 7.98. The number of nitrogens with zero attached hydrogens (tertiary/aromatic N) is 2. The maximum absolute atomic E-state index is 12.6. The van der Waals surface area contributed by atoms with Crippen molar-refractivity contribution >= 4 is 17.7 Å². The number of aryl methyl sites for hydroxylation is 1. The Kier molecular flexibility index (Phi) is 8.46. The van der Waals surface area contributed by atoms with Crippen LogP contribution in [0.2, 0.25) is 0 Å². The molecule has 2 unspecified atom stereocenters. The standard InChI is InChI=1S/C28H35N3O2S/c1-20-9-7-10-21(2)31(20)18-8-17-29-27(32)23-13-15-24(16-14-23)28-30-26(22(3)33-28)19-34-25-11-5-4-6-12-25/h4-6,11-16,20-21H,7-10,17-19H2,1-3H3,(H,29,32). The normalized spacial score (nSPS) is 18.7. The zero-order valence-electron chi connectivity index (χ0n) is 20.4. The summed E-state index contributed by atoms with van der Waals surface area (Å²) in [7, 11) is 0. The first-order valence-electron chi connectivity index (χ1n) is 12.3. The molecule has 4 rings (SSSR count). The Labute approximate surface area is 207 Å². The molecule has 5 nitrogen and oxygen atoms in total. The number of likely N-dealkylation sites (tertiary alicyclic amines) is 1. The fraction of sp³-hybridized carbons (Fsp3) is 0.429. The third kappa shape index (κ3) is 6.30. The summed E-state index contributed by atoms with van der Waals surface area (Å²) in [6.07, 6.45) is 4.85. The van der Waals surface area contributed by atoms with E-state index in [0.29, 0.717) is 30.1 Å². The number of carbonyl (C=O) groups excluding carboxylic acids is 1. The lowest BCUT2D eigenvalue weighted by atomic mass is 9.97. The Balaban J connectivity index is 1.27. The van der Waals surface area contributed by atoms with Crippen molar-refractivity contribution in [2.24, 2.45) is 0 Å². The number of benzene rings is 2. The van der Waals surface area contributed by atoms with Gasteiger partial charge in [0.15, 0.2) is 0 Å². The van der Waals surface area contributed by atoms with Crippen molar-refractivity contribution < 1.29 is 9.21 Å². The quantitative estimate of drug-likeness (QED) is 0.288. The summed E-state index contributed by atoms with van der Waals surface area (Å²) in [6, 6.07) is 19.1. The summed E-state index contributed by atoms with van der Waals surface area (Å²) in [5, 5.41) is 3.07. The third-order valence-corrected chi connectivity index (χ3v) is 7.68. The second-order valence-electron chi connectivity index (χ2n) is 9.18. The molecule has 0 saturated carbocycles. The van der Waals surface area contributed by atoms with Gasteiger partial charge in [0.05, 0.1) is 5.69 Å². The van der Waals surface area contributed by atoms with Crippen molar-refractivity contribution in [1.82, 2.24) is 15.2 Å². The topological polar surface area (TPSA) is 58.4 Å². The second-order valence-corrected chi connectivity index (χ2v) is 10.2. The molecule has 2 atom stereocenters. The van der Waals surface area contributed by atoms with Gasteiger partial charge < -0.3 is 9.73 Å². The average Bonchev–Trinajstić information content (AvgIpc) is 3.23. The molecule has 1 fully saturated rings. The smallest absolute Gasteiger partial charge is 0.251 e. The molecule has 6 heteroatoms. The van der Waals surface area contributed by atoms with Crippen LogP contribution in [-0.2, 0) is 5.75 Å². The molecule has 3 aromatic rings. The van der Waals surface area contributed by atoms with Crippen LogP contribution in [0.4, 0.5) is 0 Å². The summed E-state index contributed by atoms with van der Waals surface area (Å²) in [5.41, 5.74) is 2.48. The highest BCUT2D eigenvalue weighted by Crippen LogP contribution is 2.28. The van der Waals surface area contributed by atoms with Crippen molar-refractivity contribution in [3.63, 3.8) is 0 Å². The summed E-state index contributed by atoms with van der Waals surface area (Å²) in [6.45, 7) is 8.31. The predicted molar refractivity (Wildman–Crippen MR) is 139 cm³/mol. The third-order valence-electron chi connectivity index (χ3n) is 6.66. The first kappa shape index (κ1) is 24.6. The van der Waals surface area contributed by atoms with E-state index >= 15 is 0 Å². The van der Waals surface area contributed by atoms with Crippen LogP contribution in [0.15, 0.2) is 63.9 Å². The van der Waals surface area contributed by atoms with E-state index < -0.39 is 0 Å². The zero-order valence-corrected chi connectivity index (χ0v) is 21.2. The zero-order chi connectivity index (χ0) is 23.9. The highest BCUT2D eigenvalue weighted by atomic mass is 32.2. The monoisotopic (exact) mass is 477 g/mol. The summed E-state index contributed by atoms with van der Waals surface area (Å²) < 4.78 is 5.91. The molecular weight excluding hydrogens is 442 g/mol. The molecule has 0 bridgehead atoms. The lowest BCUT2D eigenvalue weighted by molar-refractivity contribution is 0.0925. The average molecular weight is 478 g/mol. The Morgan fingerprint density at radius 1 is 1.09 bits per heavy atom. The molecule has 1 saturated heterocycles. The van der Waals surface area contributed by atoms with E-state index in [4.69, 9.17) is 9.40 Å². The Bertz CT molecular complexity index is 1060. The number of hydrogen-bond acceptors (Lipinski definition) is 5. The van der Waals surface area contributed by atoms with Crippen molar-refractivity contribution in [3.8, 4) is 11.5 Å². The number of aromatic nitrogens is 1. The Morgan fingerprint density at radius 2 is 1.79 bits per heavy atom. The minimum Gasteiger partial charge on any atom is -0.441 e. The van der Waals surface area contributed by atoms with Gasteiger partial charge in [0.1, 0.15) is 5.76 Å². The number of carbonyl (C=O) groups is 1. The number of piperidine rings is 1. The molecule has 0 radical (unpaired) electrons. The fourth-order valence-electron chi connectivity index (χ4n) is 4.60. The van der Waals surface area contributed by atoms with E-state index in [0.717, 1.165) is 35.7 Å². The number of hydrogen-bond donors (Lipinski definition) is 1. The number of nitrogens with one attached hydrogen (secondary N) is 1. The van der Waals surface area contributed by atoms with Crippen molar-refractivity contribution in [2.45, 2.75) is 69.2 Å². The van der Waals surface area contributed by atoms with Crippen molar-refractivity contribution in [1.29, 1.82) is 0 Å². The van der Waals surface area contributed by atoms with Crippen LogP contribution >= 0.6 is 11.8 Å². The van der Waals surface area contributed by atoms with Gasteiger partial charge in [0, 0.05) is 46.9 Å². The summed E-state index contributed by atoms with van der Waals surface area (Å²) in [5.74, 6) is 2.15. The SMILES string of the molecule is Cc1oc(-c2ccc(C(=O)NCCCN3C(C)CCCC3C)cc2)nc1CSc1ccccc1. The molecule has 1 aromatic heterocycles. The van der Waals surface area contributed by atoms with Crippen LogP contribution < -0.4 is 5.32 Å². The van der Waals surface area contributed by atoms with Gasteiger partial charge in [-0.15, -0.1) is 11.8 Å². The summed E-state index contributed by atoms with van der Waals surface area (Å²) in [4.78, 5) is 21.1. The number of thioether (sulfide) groups is 1. The van der Waals surface area contributed by atoms with E-state index in [-0.39, 0.29) is 5.91 Å². The van der Waals surface area contributed by atoms with Crippen molar-refractivity contribution in [3.05, 3.63) is 71.6 Å². The Morgan fingerprint density at radius 3 is 2.50 bits per heavy atom. The lowest BCUT2D eigenvalue weighted by Crippen LogP contribution is -2.44. The van der Waals surface area contributed by atoms with Gasteiger partial charge in [-0.05, 0) is 76.4 Å². The van der Waals surface area contributed by atoms with Gasteiger partial charge in [0.2, 0.25) is 5.89 Å². The molecule has 1 aliphatic heterocycles. The maximum Gasteiger partial charge on any atom is 0.251 e. The van der Waals surface area contributed by atoms with E-state index in [1.54, 1.807) is 11.8 Å².